The maximum atomic E-state index is 12.1. The highest BCUT2D eigenvalue weighted by Crippen LogP contribution is 2.32. The number of carbonyl (C=O) groups is 1. The molecule has 0 bridgehead atoms. The second kappa shape index (κ2) is 10.1. The summed E-state index contributed by atoms with van der Waals surface area (Å²) < 4.78 is 10.9. The first-order valence-corrected chi connectivity index (χ1v) is 9.02. The highest BCUT2D eigenvalue weighted by atomic mass is 35.5. The fourth-order valence-electron chi connectivity index (χ4n) is 2.46. The number of hydrogen-bond donors (Lipinski definition) is 1. The Hall–Kier alpha value is -1.01. The van der Waals surface area contributed by atoms with Crippen molar-refractivity contribution in [2.75, 3.05) is 39.4 Å². The van der Waals surface area contributed by atoms with E-state index in [-0.39, 0.29) is 5.91 Å². The SMILES string of the molecule is CC(Oc1cccc(Cl)c1Cl)C(=O)NCCCCN1CCOCC1. The van der Waals surface area contributed by atoms with Gasteiger partial charge in [0.1, 0.15) is 10.8 Å². The van der Waals surface area contributed by atoms with Gasteiger partial charge in [0.2, 0.25) is 0 Å². The number of halogens is 2. The van der Waals surface area contributed by atoms with E-state index in [1.165, 1.54) is 0 Å². The highest BCUT2D eigenvalue weighted by Gasteiger charge is 2.16. The lowest BCUT2D eigenvalue weighted by Gasteiger charge is -2.26. The van der Waals surface area contributed by atoms with Gasteiger partial charge in [-0.1, -0.05) is 29.3 Å². The number of hydrogen-bond acceptors (Lipinski definition) is 4. The van der Waals surface area contributed by atoms with Gasteiger partial charge in [-0.15, -0.1) is 0 Å². The molecule has 2 rings (SSSR count). The fraction of sp³-hybridized carbons (Fsp3) is 0.588. The molecule has 0 spiro atoms. The normalized spacial score (nSPS) is 16.6. The van der Waals surface area contributed by atoms with Gasteiger partial charge in [-0.3, -0.25) is 9.69 Å². The van der Waals surface area contributed by atoms with E-state index >= 15 is 0 Å². The Bertz CT molecular complexity index is 537. The van der Waals surface area contributed by atoms with Crippen molar-refractivity contribution < 1.29 is 14.3 Å². The third-order valence-electron chi connectivity index (χ3n) is 3.89. The molecule has 134 valence electrons. The van der Waals surface area contributed by atoms with Crippen molar-refractivity contribution in [1.82, 2.24) is 10.2 Å². The van der Waals surface area contributed by atoms with Crippen LogP contribution in [0.1, 0.15) is 19.8 Å². The number of unbranched alkanes of at least 4 members (excludes halogenated alkanes) is 1. The van der Waals surface area contributed by atoms with Crippen LogP contribution in [0.15, 0.2) is 18.2 Å². The number of benzene rings is 1. The minimum absolute atomic E-state index is 0.155. The Labute approximate surface area is 153 Å². The number of carbonyl (C=O) groups excluding carboxylic acids is 1. The molecule has 0 radical (unpaired) electrons. The second-order valence-electron chi connectivity index (χ2n) is 5.76. The fourth-order valence-corrected chi connectivity index (χ4v) is 2.80. The number of nitrogens with one attached hydrogen (secondary N) is 1. The topological polar surface area (TPSA) is 50.8 Å². The molecule has 1 aliphatic heterocycles. The quantitative estimate of drug-likeness (QED) is 0.710. The third-order valence-corrected chi connectivity index (χ3v) is 4.69. The summed E-state index contributed by atoms with van der Waals surface area (Å²) in [4.78, 5) is 14.5. The lowest BCUT2D eigenvalue weighted by Crippen LogP contribution is -2.38. The molecule has 1 aliphatic rings. The van der Waals surface area contributed by atoms with Crippen LogP contribution in [-0.4, -0.2) is 56.3 Å². The average Bonchev–Trinajstić information content (AvgIpc) is 2.59. The molecule has 1 atom stereocenters. The van der Waals surface area contributed by atoms with Crippen LogP contribution in [0.3, 0.4) is 0 Å². The zero-order valence-electron chi connectivity index (χ0n) is 13.9. The number of nitrogens with zero attached hydrogens (tertiary/aromatic N) is 1. The third kappa shape index (κ3) is 6.13. The maximum Gasteiger partial charge on any atom is 0.260 e. The number of amides is 1. The Kier molecular flexibility index (Phi) is 8.12. The number of ether oxygens (including phenoxy) is 2. The minimum atomic E-state index is -0.625. The summed E-state index contributed by atoms with van der Waals surface area (Å²) in [6.45, 7) is 7.01. The Morgan fingerprint density at radius 3 is 2.83 bits per heavy atom. The van der Waals surface area contributed by atoms with Crippen LogP contribution in [0.2, 0.25) is 10.0 Å². The molecule has 7 heteroatoms. The van der Waals surface area contributed by atoms with E-state index < -0.39 is 6.10 Å². The van der Waals surface area contributed by atoms with Crippen LogP contribution in [-0.2, 0) is 9.53 Å². The van der Waals surface area contributed by atoms with Crippen LogP contribution < -0.4 is 10.1 Å². The van der Waals surface area contributed by atoms with Crippen molar-refractivity contribution in [3.8, 4) is 5.75 Å². The maximum absolute atomic E-state index is 12.1. The Morgan fingerprint density at radius 2 is 2.08 bits per heavy atom. The van der Waals surface area contributed by atoms with Gasteiger partial charge in [0.05, 0.1) is 18.2 Å². The van der Waals surface area contributed by atoms with Gasteiger partial charge < -0.3 is 14.8 Å². The van der Waals surface area contributed by atoms with Gasteiger partial charge in [-0.2, -0.15) is 0 Å². The summed E-state index contributed by atoms with van der Waals surface area (Å²) in [6.07, 6.45) is 1.36. The van der Waals surface area contributed by atoms with Crippen LogP contribution in [0.4, 0.5) is 0 Å². The van der Waals surface area contributed by atoms with Gasteiger partial charge in [-0.05, 0) is 38.4 Å². The van der Waals surface area contributed by atoms with E-state index in [1.54, 1.807) is 25.1 Å². The van der Waals surface area contributed by atoms with Crippen molar-refractivity contribution >= 4 is 29.1 Å². The molecule has 5 nitrogen and oxygen atoms in total. The van der Waals surface area contributed by atoms with Gasteiger partial charge in [0.15, 0.2) is 6.10 Å². The zero-order chi connectivity index (χ0) is 17.4. The highest BCUT2D eigenvalue weighted by molar-refractivity contribution is 6.42. The van der Waals surface area contributed by atoms with Crippen molar-refractivity contribution in [3.05, 3.63) is 28.2 Å². The molecule has 1 heterocycles. The number of rotatable bonds is 8. The molecule has 1 unspecified atom stereocenters. The average molecular weight is 375 g/mol. The summed E-state index contributed by atoms with van der Waals surface area (Å²) >= 11 is 12.0. The summed E-state index contributed by atoms with van der Waals surface area (Å²) in [5.74, 6) is 0.261. The molecular weight excluding hydrogens is 351 g/mol. The van der Waals surface area contributed by atoms with Gasteiger partial charge >= 0.3 is 0 Å². The molecule has 1 N–H and O–H groups in total. The molecule has 0 saturated carbocycles. The molecule has 0 aromatic heterocycles. The molecule has 1 aromatic carbocycles. The molecular formula is C17H24Cl2N2O3. The summed E-state index contributed by atoms with van der Waals surface area (Å²) in [6, 6.07) is 5.11. The predicted octanol–water partition coefficient (Wildman–Crippen LogP) is 2.99. The van der Waals surface area contributed by atoms with Crippen LogP contribution in [0, 0.1) is 0 Å². The molecule has 1 saturated heterocycles. The molecule has 24 heavy (non-hydrogen) atoms. The van der Waals surface area contributed by atoms with Gasteiger partial charge in [0.25, 0.3) is 5.91 Å². The summed E-state index contributed by atoms with van der Waals surface area (Å²) in [7, 11) is 0. The van der Waals surface area contributed by atoms with E-state index in [0.717, 1.165) is 45.7 Å². The smallest absolute Gasteiger partial charge is 0.260 e. The Morgan fingerprint density at radius 1 is 1.33 bits per heavy atom. The van der Waals surface area contributed by atoms with Crippen LogP contribution in [0.25, 0.3) is 0 Å². The van der Waals surface area contributed by atoms with Crippen molar-refractivity contribution in [3.63, 3.8) is 0 Å². The van der Waals surface area contributed by atoms with Crippen molar-refractivity contribution in [2.24, 2.45) is 0 Å². The Balaban J connectivity index is 1.63. The lowest BCUT2D eigenvalue weighted by atomic mass is 10.2. The first-order chi connectivity index (χ1) is 11.6. The largest absolute Gasteiger partial charge is 0.479 e. The van der Waals surface area contributed by atoms with Gasteiger partial charge in [-0.25, -0.2) is 0 Å². The monoisotopic (exact) mass is 374 g/mol. The summed E-state index contributed by atoms with van der Waals surface area (Å²) in [5.41, 5.74) is 0. The van der Waals surface area contributed by atoms with E-state index in [4.69, 9.17) is 32.7 Å². The second-order valence-corrected chi connectivity index (χ2v) is 6.55. The van der Waals surface area contributed by atoms with E-state index in [0.29, 0.717) is 22.3 Å². The minimum Gasteiger partial charge on any atom is -0.479 e. The first-order valence-electron chi connectivity index (χ1n) is 8.26. The van der Waals surface area contributed by atoms with Crippen molar-refractivity contribution in [2.45, 2.75) is 25.9 Å². The number of morpholine rings is 1. The first kappa shape index (κ1) is 19.3. The zero-order valence-corrected chi connectivity index (χ0v) is 15.4. The van der Waals surface area contributed by atoms with Gasteiger partial charge in [0, 0.05) is 19.6 Å². The van der Waals surface area contributed by atoms with Crippen LogP contribution in [0.5, 0.6) is 5.75 Å². The molecule has 1 fully saturated rings. The molecule has 0 aliphatic carbocycles. The standard InChI is InChI=1S/C17H24Cl2N2O3/c1-13(24-15-6-4-5-14(18)16(15)19)17(22)20-7-2-3-8-21-9-11-23-12-10-21/h4-6,13H,2-3,7-12H2,1H3,(H,20,22). The predicted molar refractivity (Wildman–Crippen MR) is 96.1 cm³/mol. The van der Waals surface area contributed by atoms with Crippen LogP contribution >= 0.6 is 23.2 Å². The molecule has 1 amide bonds. The van der Waals surface area contributed by atoms with E-state index in [2.05, 4.69) is 10.2 Å². The lowest BCUT2D eigenvalue weighted by molar-refractivity contribution is -0.127. The van der Waals surface area contributed by atoms with E-state index in [1.807, 2.05) is 0 Å². The van der Waals surface area contributed by atoms with Crippen molar-refractivity contribution in [1.29, 1.82) is 0 Å². The molecule has 1 aromatic rings. The summed E-state index contributed by atoms with van der Waals surface area (Å²) in [5, 5.41) is 3.62. The van der Waals surface area contributed by atoms with E-state index in [9.17, 15) is 4.79 Å².